The summed E-state index contributed by atoms with van der Waals surface area (Å²) in [5.74, 6) is -2.89. The summed E-state index contributed by atoms with van der Waals surface area (Å²) in [6.07, 6.45) is 2.49. The Morgan fingerprint density at radius 2 is 1.66 bits per heavy atom. The largest absolute Gasteiger partial charge is 0.376 e. The van der Waals surface area contributed by atoms with Crippen molar-refractivity contribution in [1.82, 2.24) is 31.1 Å². The molecule has 1 saturated heterocycles. The molecule has 0 radical (unpaired) electrons. The first-order valence-electron chi connectivity index (χ1n) is 18.9. The summed E-state index contributed by atoms with van der Waals surface area (Å²) >= 11 is 0. The molecule has 0 aliphatic carbocycles. The van der Waals surface area contributed by atoms with Gasteiger partial charge in [-0.25, -0.2) is 4.79 Å². The van der Waals surface area contributed by atoms with Crippen LogP contribution in [0.4, 0.5) is 4.79 Å². The smallest absolute Gasteiger partial charge is 0.315 e. The molecule has 6 amide bonds. The van der Waals surface area contributed by atoms with Gasteiger partial charge in [-0.15, -0.1) is 6.58 Å². The van der Waals surface area contributed by atoms with Crippen molar-refractivity contribution in [2.75, 3.05) is 19.6 Å². The molecule has 1 aromatic carbocycles. The number of amides is 6. The summed E-state index contributed by atoms with van der Waals surface area (Å²) < 4.78 is 0. The van der Waals surface area contributed by atoms with Gasteiger partial charge in [0.25, 0.3) is 11.8 Å². The minimum Gasteiger partial charge on any atom is -0.376 e. The first-order chi connectivity index (χ1) is 24.7. The number of ketones is 1. The van der Waals surface area contributed by atoms with E-state index in [-0.39, 0.29) is 43.7 Å². The summed E-state index contributed by atoms with van der Waals surface area (Å²) in [5, 5.41) is 23.3. The Morgan fingerprint density at radius 3 is 2.25 bits per heavy atom. The lowest BCUT2D eigenvalue weighted by Gasteiger charge is -2.42. The summed E-state index contributed by atoms with van der Waals surface area (Å²) in [4.78, 5) is 83.1. The molecule has 2 aliphatic rings. The lowest BCUT2D eigenvalue weighted by atomic mass is 9.84. The average Bonchev–Trinajstić information content (AvgIpc) is 3.53. The third-order valence-electron chi connectivity index (χ3n) is 10.4. The zero-order valence-electron chi connectivity index (χ0n) is 33.1. The Morgan fingerprint density at radius 1 is 1.00 bits per heavy atom. The van der Waals surface area contributed by atoms with E-state index in [1.165, 1.54) is 11.0 Å². The number of Topliss-reactive ketones (excluding diaryl/α,β-unsaturated/α-hetero) is 1. The first-order valence-corrected chi connectivity index (χ1v) is 18.9. The number of carbonyl (C=O) groups excluding carboxylic acids is 6. The van der Waals surface area contributed by atoms with E-state index in [1.807, 2.05) is 62.3 Å². The van der Waals surface area contributed by atoms with Gasteiger partial charge in [0.2, 0.25) is 17.6 Å². The molecular weight excluding hydrogens is 676 g/mol. The second-order valence-electron chi connectivity index (χ2n) is 16.9. The molecule has 294 valence electrons. The molecule has 5 N–H and O–H groups in total. The van der Waals surface area contributed by atoms with Crippen LogP contribution in [0.25, 0.3) is 0 Å². The van der Waals surface area contributed by atoms with Crippen molar-refractivity contribution in [2.24, 2.45) is 22.7 Å². The van der Waals surface area contributed by atoms with Gasteiger partial charge < -0.3 is 26.4 Å². The Hall–Kier alpha value is -4.10. The lowest BCUT2D eigenvalue weighted by Crippen LogP contribution is -2.64. The van der Waals surface area contributed by atoms with Gasteiger partial charge in [-0.2, -0.15) is 0 Å². The average molecular weight is 739 g/mol. The van der Waals surface area contributed by atoms with Crippen molar-refractivity contribution in [1.29, 1.82) is 0 Å². The van der Waals surface area contributed by atoms with Crippen LogP contribution in [0.1, 0.15) is 104 Å². The van der Waals surface area contributed by atoms with Crippen molar-refractivity contribution in [3.05, 3.63) is 48.0 Å². The lowest BCUT2D eigenvalue weighted by molar-refractivity contribution is -0.142. The highest BCUT2D eigenvalue weighted by Crippen LogP contribution is 2.35. The van der Waals surface area contributed by atoms with Crippen molar-refractivity contribution in [3.8, 4) is 0 Å². The number of nitrogens with zero attached hydrogens (tertiary/aromatic N) is 2. The van der Waals surface area contributed by atoms with E-state index in [2.05, 4.69) is 27.8 Å². The van der Waals surface area contributed by atoms with Crippen LogP contribution in [0, 0.1) is 22.7 Å². The number of rotatable bonds is 16. The number of carbonyl (C=O) groups is 6. The summed E-state index contributed by atoms with van der Waals surface area (Å²) in [6, 6.07) is 3.00. The Bertz CT molecular complexity index is 1510. The number of hydrogen-bond donors (Lipinski definition) is 5. The van der Waals surface area contributed by atoms with E-state index in [9.17, 15) is 33.9 Å². The number of imide groups is 1. The zero-order valence-corrected chi connectivity index (χ0v) is 33.1. The maximum atomic E-state index is 14.1. The van der Waals surface area contributed by atoms with Gasteiger partial charge in [0, 0.05) is 25.2 Å². The molecule has 0 bridgehead atoms. The maximum absolute atomic E-state index is 14.1. The van der Waals surface area contributed by atoms with Crippen molar-refractivity contribution in [2.45, 2.75) is 125 Å². The fourth-order valence-corrected chi connectivity index (χ4v) is 7.10. The van der Waals surface area contributed by atoms with Gasteiger partial charge in [0.1, 0.15) is 6.23 Å². The maximum Gasteiger partial charge on any atom is 0.315 e. The zero-order chi connectivity index (χ0) is 39.8. The SMILES string of the molecule is C=CCNC(=O)C(=O)C(CCCC)NC(=O)[C@@H]1[C@@H](C(C)C)CCN1C(O)[C@@H](NC(=O)N[C@H](CN1C(=O)Cc2ccccc2C1=O)C(C)(C)C)C(C)(C)C. The van der Waals surface area contributed by atoms with Crippen molar-refractivity contribution >= 4 is 35.4 Å². The highest BCUT2D eigenvalue weighted by Gasteiger charge is 2.48. The number of urea groups is 1. The first kappa shape index (κ1) is 43.3. The van der Waals surface area contributed by atoms with E-state index in [0.717, 1.165) is 6.42 Å². The number of hydrogen-bond acceptors (Lipinski definition) is 8. The Kier molecular flexibility index (Phi) is 14.9. The van der Waals surface area contributed by atoms with Crippen LogP contribution in [0.3, 0.4) is 0 Å². The molecule has 0 aromatic heterocycles. The molecule has 6 atom stereocenters. The number of benzene rings is 1. The number of fused-ring (bicyclic) bond motifs is 1. The highest BCUT2D eigenvalue weighted by atomic mass is 16.3. The molecule has 0 saturated carbocycles. The number of likely N-dealkylation sites (tertiary alicyclic amines) is 1. The van der Waals surface area contributed by atoms with Crippen LogP contribution in [-0.2, 0) is 25.6 Å². The van der Waals surface area contributed by atoms with Gasteiger partial charge in [0.05, 0.1) is 30.6 Å². The third-order valence-corrected chi connectivity index (χ3v) is 10.4. The van der Waals surface area contributed by atoms with E-state index >= 15 is 0 Å². The van der Waals surface area contributed by atoms with Crippen molar-refractivity contribution < 1.29 is 33.9 Å². The predicted molar refractivity (Wildman–Crippen MR) is 203 cm³/mol. The van der Waals surface area contributed by atoms with E-state index in [0.29, 0.717) is 30.5 Å². The monoisotopic (exact) mass is 738 g/mol. The van der Waals surface area contributed by atoms with Crippen LogP contribution in [0.15, 0.2) is 36.9 Å². The molecule has 2 heterocycles. The van der Waals surface area contributed by atoms with Crippen LogP contribution in [-0.4, -0.2) is 100 Å². The van der Waals surface area contributed by atoms with Crippen LogP contribution in [0.2, 0.25) is 0 Å². The number of unbranched alkanes of at least 4 members (excludes halogenated alkanes) is 1. The van der Waals surface area contributed by atoms with Gasteiger partial charge in [-0.1, -0.05) is 99.4 Å². The third kappa shape index (κ3) is 11.0. The number of nitrogens with one attached hydrogen (secondary N) is 4. The summed E-state index contributed by atoms with van der Waals surface area (Å²) in [7, 11) is 0. The Balaban J connectivity index is 1.84. The molecule has 13 nitrogen and oxygen atoms in total. The fourth-order valence-electron chi connectivity index (χ4n) is 7.10. The van der Waals surface area contributed by atoms with Gasteiger partial charge in [-0.3, -0.25) is 33.8 Å². The number of aliphatic hydroxyl groups is 1. The molecule has 3 rings (SSSR count). The van der Waals surface area contributed by atoms with Gasteiger partial charge in [0.15, 0.2) is 0 Å². The molecule has 1 fully saturated rings. The second-order valence-corrected chi connectivity index (χ2v) is 16.9. The molecule has 0 spiro atoms. The quantitative estimate of drug-likeness (QED) is 0.0972. The molecule has 13 heteroatoms. The molecule has 2 unspecified atom stereocenters. The minimum absolute atomic E-state index is 0.0420. The van der Waals surface area contributed by atoms with E-state index in [1.54, 1.807) is 29.2 Å². The fraction of sp³-hybridized carbons (Fsp3) is 0.650. The molecule has 53 heavy (non-hydrogen) atoms. The van der Waals surface area contributed by atoms with Gasteiger partial charge >= 0.3 is 6.03 Å². The topological polar surface area (TPSA) is 177 Å². The summed E-state index contributed by atoms with van der Waals surface area (Å²) in [6.45, 7) is 21.3. The van der Waals surface area contributed by atoms with Crippen LogP contribution >= 0.6 is 0 Å². The van der Waals surface area contributed by atoms with Crippen LogP contribution < -0.4 is 21.3 Å². The number of aliphatic hydroxyl groups excluding tert-OH is 1. The summed E-state index contributed by atoms with van der Waals surface area (Å²) in [5.41, 5.74) is -0.136. The minimum atomic E-state index is -1.31. The predicted octanol–water partition coefficient (Wildman–Crippen LogP) is 3.55. The van der Waals surface area contributed by atoms with Crippen LogP contribution in [0.5, 0.6) is 0 Å². The normalized spacial score (nSPS) is 20.2. The second kappa shape index (κ2) is 18.3. The molecule has 2 aliphatic heterocycles. The van der Waals surface area contributed by atoms with Crippen molar-refractivity contribution in [3.63, 3.8) is 0 Å². The van der Waals surface area contributed by atoms with E-state index in [4.69, 9.17) is 0 Å². The molecule has 1 aromatic rings. The highest BCUT2D eigenvalue weighted by molar-refractivity contribution is 6.38. The molecular formula is C40H62N6O7. The Labute approximate surface area is 315 Å². The van der Waals surface area contributed by atoms with E-state index < -0.39 is 70.8 Å². The van der Waals surface area contributed by atoms with Gasteiger partial charge in [-0.05, 0) is 47.1 Å². The standard InChI is InChI=1S/C40H62N6O7/c1-11-13-18-28(32(48)35(50)41-20-12-2)42-34(49)31-26(24(3)4)19-21-45(31)37(52)33(40(8,9)10)44-38(53)43-29(39(5,6)7)23-46-30(47)22-25-16-14-15-17-27(25)36(46)51/h12,14-17,24,26,28-29,31,33,37,52H,2,11,13,18-23H2,1,3-10H3,(H,41,50)(H,42,49)(H2,43,44,53)/t26-,28?,29-,31+,33-,37?/m1/s1.